The van der Waals surface area contributed by atoms with Crippen molar-refractivity contribution in [2.24, 2.45) is 5.73 Å². The lowest BCUT2D eigenvalue weighted by atomic mass is 9.93. The zero-order valence-electron chi connectivity index (χ0n) is 13.0. The molecule has 3 N–H and O–H groups in total. The molecule has 0 aliphatic heterocycles. The summed E-state index contributed by atoms with van der Waals surface area (Å²) in [5.74, 6) is -0.241. The van der Waals surface area contributed by atoms with Crippen molar-refractivity contribution in [2.75, 3.05) is 13.1 Å². The Labute approximate surface area is 118 Å². The van der Waals surface area contributed by atoms with Gasteiger partial charge in [-0.2, -0.15) is 0 Å². The molecule has 0 bridgehead atoms. The molecule has 0 radical (unpaired) electrons. The fourth-order valence-electron chi connectivity index (χ4n) is 2.74. The number of carbonyl (C=O) groups excluding carboxylic acids is 1. The summed E-state index contributed by atoms with van der Waals surface area (Å²) in [5.41, 5.74) is 4.98. The summed E-state index contributed by atoms with van der Waals surface area (Å²) >= 11 is 0. The van der Waals surface area contributed by atoms with Crippen molar-refractivity contribution < 1.29 is 4.79 Å². The highest BCUT2D eigenvalue weighted by Gasteiger charge is 2.32. The Morgan fingerprint density at radius 2 is 2.05 bits per heavy atom. The molecule has 1 fully saturated rings. The normalized spacial score (nSPS) is 18.8. The molecule has 1 aliphatic carbocycles. The van der Waals surface area contributed by atoms with E-state index in [-0.39, 0.29) is 11.9 Å². The SMILES string of the molecule is CCCN(CCCC(C)(NC(C)C)C(N)=O)C1CC1. The first-order valence-corrected chi connectivity index (χ1v) is 7.70. The van der Waals surface area contributed by atoms with Crippen molar-refractivity contribution >= 4 is 5.91 Å². The maximum absolute atomic E-state index is 11.7. The molecule has 0 saturated heterocycles. The largest absolute Gasteiger partial charge is 0.368 e. The first-order valence-electron chi connectivity index (χ1n) is 7.70. The number of nitrogens with zero attached hydrogens (tertiary/aromatic N) is 1. The minimum absolute atomic E-state index is 0.241. The van der Waals surface area contributed by atoms with E-state index in [1.165, 1.54) is 25.8 Å². The first kappa shape index (κ1) is 16.4. The van der Waals surface area contributed by atoms with E-state index >= 15 is 0 Å². The molecule has 4 heteroatoms. The van der Waals surface area contributed by atoms with Crippen LogP contribution in [0.3, 0.4) is 0 Å². The van der Waals surface area contributed by atoms with Gasteiger partial charge in [0.1, 0.15) is 0 Å². The quantitative estimate of drug-likeness (QED) is 0.636. The van der Waals surface area contributed by atoms with Gasteiger partial charge in [0.05, 0.1) is 5.54 Å². The average Bonchev–Trinajstić information content (AvgIpc) is 3.10. The Balaban J connectivity index is 2.40. The van der Waals surface area contributed by atoms with Crippen LogP contribution in [0.5, 0.6) is 0 Å². The third kappa shape index (κ3) is 5.49. The summed E-state index contributed by atoms with van der Waals surface area (Å²) in [5, 5.41) is 3.31. The molecule has 0 aromatic rings. The fourth-order valence-corrected chi connectivity index (χ4v) is 2.74. The predicted octanol–water partition coefficient (Wildman–Crippen LogP) is 1.88. The zero-order valence-corrected chi connectivity index (χ0v) is 13.0. The molecular weight excluding hydrogens is 238 g/mol. The molecule has 19 heavy (non-hydrogen) atoms. The number of carbonyl (C=O) groups is 1. The average molecular weight is 269 g/mol. The minimum Gasteiger partial charge on any atom is -0.368 e. The van der Waals surface area contributed by atoms with Gasteiger partial charge in [-0.25, -0.2) is 0 Å². The third-order valence-corrected chi connectivity index (χ3v) is 3.85. The minimum atomic E-state index is -0.574. The second kappa shape index (κ2) is 7.25. The van der Waals surface area contributed by atoms with Crippen LogP contribution in [-0.2, 0) is 4.79 Å². The summed E-state index contributed by atoms with van der Waals surface area (Å²) in [6.45, 7) is 10.5. The van der Waals surface area contributed by atoms with Gasteiger partial charge in [-0.05, 0) is 66.0 Å². The van der Waals surface area contributed by atoms with Gasteiger partial charge in [0.2, 0.25) is 5.91 Å². The van der Waals surface area contributed by atoms with Crippen molar-refractivity contribution in [3.63, 3.8) is 0 Å². The van der Waals surface area contributed by atoms with Gasteiger partial charge in [-0.15, -0.1) is 0 Å². The van der Waals surface area contributed by atoms with E-state index in [1.807, 2.05) is 6.92 Å². The van der Waals surface area contributed by atoms with Crippen LogP contribution in [0.2, 0.25) is 0 Å². The number of amides is 1. The molecule has 0 aromatic carbocycles. The van der Waals surface area contributed by atoms with E-state index in [2.05, 4.69) is 31.0 Å². The van der Waals surface area contributed by atoms with E-state index in [1.54, 1.807) is 0 Å². The number of hydrogen-bond acceptors (Lipinski definition) is 3. The van der Waals surface area contributed by atoms with Gasteiger partial charge < -0.3 is 16.0 Å². The molecule has 1 unspecified atom stereocenters. The summed E-state index contributed by atoms with van der Waals surface area (Å²) < 4.78 is 0. The standard InChI is InChI=1S/C15H31N3O/c1-5-10-18(13-7-8-13)11-6-9-15(4,14(16)19)17-12(2)3/h12-13,17H,5-11H2,1-4H3,(H2,16,19). The molecule has 1 amide bonds. The summed E-state index contributed by atoms with van der Waals surface area (Å²) in [4.78, 5) is 14.2. The monoisotopic (exact) mass is 269 g/mol. The molecule has 1 aliphatic rings. The van der Waals surface area contributed by atoms with Crippen molar-refractivity contribution in [2.45, 2.75) is 77.4 Å². The van der Waals surface area contributed by atoms with Crippen LogP contribution in [0, 0.1) is 0 Å². The highest BCUT2D eigenvalue weighted by Crippen LogP contribution is 2.27. The lowest BCUT2D eigenvalue weighted by Gasteiger charge is -2.31. The molecule has 1 rings (SSSR count). The zero-order chi connectivity index (χ0) is 14.5. The van der Waals surface area contributed by atoms with Crippen LogP contribution >= 0.6 is 0 Å². The highest BCUT2D eigenvalue weighted by molar-refractivity contribution is 5.84. The van der Waals surface area contributed by atoms with Crippen molar-refractivity contribution in [3.05, 3.63) is 0 Å². The topological polar surface area (TPSA) is 58.4 Å². The Kier molecular flexibility index (Phi) is 6.27. The van der Waals surface area contributed by atoms with Crippen molar-refractivity contribution in [1.82, 2.24) is 10.2 Å². The van der Waals surface area contributed by atoms with E-state index in [4.69, 9.17) is 5.73 Å². The van der Waals surface area contributed by atoms with Gasteiger partial charge in [0, 0.05) is 12.1 Å². The first-order chi connectivity index (χ1) is 8.89. The van der Waals surface area contributed by atoms with E-state index in [0.29, 0.717) is 0 Å². The van der Waals surface area contributed by atoms with Crippen LogP contribution < -0.4 is 11.1 Å². The summed E-state index contributed by atoms with van der Waals surface area (Å²) in [6, 6.07) is 1.07. The van der Waals surface area contributed by atoms with Gasteiger partial charge in [0.15, 0.2) is 0 Å². The molecule has 112 valence electrons. The van der Waals surface area contributed by atoms with Crippen molar-refractivity contribution in [1.29, 1.82) is 0 Å². The fraction of sp³-hybridized carbons (Fsp3) is 0.933. The molecular formula is C15H31N3O. The Morgan fingerprint density at radius 1 is 1.42 bits per heavy atom. The molecule has 1 saturated carbocycles. The third-order valence-electron chi connectivity index (χ3n) is 3.85. The smallest absolute Gasteiger partial charge is 0.237 e. The molecule has 4 nitrogen and oxygen atoms in total. The van der Waals surface area contributed by atoms with Crippen LogP contribution in [0.15, 0.2) is 0 Å². The number of hydrogen-bond donors (Lipinski definition) is 2. The van der Waals surface area contributed by atoms with Crippen LogP contribution in [0.1, 0.15) is 59.8 Å². The number of nitrogens with two attached hydrogens (primary N) is 1. The van der Waals surface area contributed by atoms with Crippen molar-refractivity contribution in [3.8, 4) is 0 Å². The Hall–Kier alpha value is -0.610. The van der Waals surface area contributed by atoms with E-state index in [9.17, 15) is 4.79 Å². The van der Waals surface area contributed by atoms with Gasteiger partial charge in [-0.1, -0.05) is 6.92 Å². The number of rotatable bonds is 10. The summed E-state index contributed by atoms with van der Waals surface area (Å²) in [6.07, 6.45) is 5.73. The van der Waals surface area contributed by atoms with Crippen LogP contribution in [0.4, 0.5) is 0 Å². The molecule has 0 aromatic heterocycles. The lowest BCUT2D eigenvalue weighted by molar-refractivity contribution is -0.124. The van der Waals surface area contributed by atoms with Crippen LogP contribution in [-0.4, -0.2) is 41.5 Å². The van der Waals surface area contributed by atoms with Gasteiger partial charge >= 0.3 is 0 Å². The van der Waals surface area contributed by atoms with Gasteiger partial charge in [-0.3, -0.25) is 4.79 Å². The van der Waals surface area contributed by atoms with Crippen LogP contribution in [0.25, 0.3) is 0 Å². The Morgan fingerprint density at radius 3 is 2.47 bits per heavy atom. The summed E-state index contributed by atoms with van der Waals surface area (Å²) in [7, 11) is 0. The number of primary amides is 1. The van der Waals surface area contributed by atoms with E-state index in [0.717, 1.165) is 25.4 Å². The maximum atomic E-state index is 11.7. The molecule has 1 atom stereocenters. The predicted molar refractivity (Wildman–Crippen MR) is 80.0 cm³/mol. The molecule has 0 spiro atoms. The van der Waals surface area contributed by atoms with E-state index < -0.39 is 5.54 Å². The molecule has 0 heterocycles. The number of nitrogens with one attached hydrogen (secondary N) is 1. The highest BCUT2D eigenvalue weighted by atomic mass is 16.1. The lowest BCUT2D eigenvalue weighted by Crippen LogP contribution is -2.55. The second-order valence-corrected chi connectivity index (χ2v) is 6.37. The van der Waals surface area contributed by atoms with Gasteiger partial charge in [0.25, 0.3) is 0 Å². The second-order valence-electron chi connectivity index (χ2n) is 6.37. The Bertz CT molecular complexity index is 289. The maximum Gasteiger partial charge on any atom is 0.237 e.